The predicted octanol–water partition coefficient (Wildman–Crippen LogP) is 3.40. The van der Waals surface area contributed by atoms with Crippen LogP contribution in [0.5, 0.6) is 5.88 Å². The third-order valence-electron chi connectivity index (χ3n) is 4.49. The summed E-state index contributed by atoms with van der Waals surface area (Å²) in [6.07, 6.45) is 0. The van der Waals surface area contributed by atoms with Gasteiger partial charge in [0.05, 0.1) is 18.8 Å². The number of nitrogens with zero attached hydrogens (tertiary/aromatic N) is 3. The minimum atomic E-state index is -0.375. The number of amides is 1. The second kappa shape index (κ2) is 7.19. The number of benzene rings is 2. The largest absolute Gasteiger partial charge is 0.472 e. The number of fused-ring (bicyclic) bond motifs is 1. The fourth-order valence-corrected chi connectivity index (χ4v) is 3.03. The van der Waals surface area contributed by atoms with Crippen molar-refractivity contribution in [3.63, 3.8) is 0 Å². The van der Waals surface area contributed by atoms with Gasteiger partial charge in [-0.3, -0.25) is 9.48 Å². The van der Waals surface area contributed by atoms with E-state index in [1.807, 2.05) is 0 Å². The third kappa shape index (κ3) is 3.67. The Balaban J connectivity index is 1.43. The second-order valence-electron chi connectivity index (χ2n) is 6.31. The summed E-state index contributed by atoms with van der Waals surface area (Å²) >= 11 is 0. The molecule has 0 atom stereocenters. The van der Waals surface area contributed by atoms with Crippen molar-refractivity contribution in [1.29, 1.82) is 0 Å². The molecular formula is C20H17F2N3O2. The van der Waals surface area contributed by atoms with E-state index in [0.29, 0.717) is 36.6 Å². The average molecular weight is 369 g/mol. The van der Waals surface area contributed by atoms with Crippen molar-refractivity contribution in [2.24, 2.45) is 0 Å². The Hall–Kier alpha value is -3.22. The Labute approximate surface area is 154 Å². The van der Waals surface area contributed by atoms with Crippen molar-refractivity contribution < 1.29 is 18.3 Å². The van der Waals surface area contributed by atoms with Gasteiger partial charge < -0.3 is 9.64 Å². The molecule has 3 aromatic rings. The zero-order valence-corrected chi connectivity index (χ0v) is 14.4. The summed E-state index contributed by atoms with van der Waals surface area (Å²) in [6.45, 7) is 1.50. The van der Waals surface area contributed by atoms with Crippen LogP contribution in [0.4, 0.5) is 8.78 Å². The number of carbonyl (C=O) groups is 1. The van der Waals surface area contributed by atoms with Crippen molar-refractivity contribution in [3.8, 4) is 5.88 Å². The van der Waals surface area contributed by atoms with E-state index < -0.39 is 0 Å². The first-order valence-corrected chi connectivity index (χ1v) is 8.58. The number of hydrogen-bond acceptors (Lipinski definition) is 3. The van der Waals surface area contributed by atoms with Crippen molar-refractivity contribution in [2.45, 2.75) is 19.7 Å². The normalized spacial score (nSPS) is 13.3. The van der Waals surface area contributed by atoms with E-state index in [4.69, 9.17) is 4.74 Å². The summed E-state index contributed by atoms with van der Waals surface area (Å²) < 4.78 is 34.1. The molecule has 27 heavy (non-hydrogen) atoms. The first-order chi connectivity index (χ1) is 13.1. The number of ether oxygens (including phenoxy) is 1. The molecule has 0 radical (unpaired) electrons. The summed E-state index contributed by atoms with van der Waals surface area (Å²) in [5.41, 5.74) is 1.73. The number of rotatable bonds is 4. The van der Waals surface area contributed by atoms with Crippen LogP contribution in [0.2, 0.25) is 0 Å². The Morgan fingerprint density at radius 1 is 1.07 bits per heavy atom. The third-order valence-corrected chi connectivity index (χ3v) is 4.49. The molecule has 1 amide bonds. The molecular weight excluding hydrogens is 352 g/mol. The zero-order chi connectivity index (χ0) is 18.8. The van der Waals surface area contributed by atoms with Crippen LogP contribution in [0.1, 0.15) is 21.6 Å². The van der Waals surface area contributed by atoms with Crippen LogP contribution in [0.25, 0.3) is 0 Å². The fourth-order valence-electron chi connectivity index (χ4n) is 3.03. The maximum absolute atomic E-state index is 13.7. The topological polar surface area (TPSA) is 47.4 Å². The molecule has 2 aromatic carbocycles. The molecule has 5 nitrogen and oxygen atoms in total. The van der Waals surface area contributed by atoms with Gasteiger partial charge in [0.25, 0.3) is 5.91 Å². The standard InChI is InChI=1S/C20H17F2N3O2/c21-16-7-5-14(6-8-16)20(26)24-9-10-25-17(12-24)11-19(23-25)27-13-15-3-1-2-4-18(15)22/h1-8,11H,9-10,12-13H2. The first kappa shape index (κ1) is 17.2. The molecule has 0 saturated carbocycles. The molecule has 4 rings (SSSR count). The summed E-state index contributed by atoms with van der Waals surface area (Å²) in [6, 6.07) is 13.7. The van der Waals surface area contributed by atoms with Crippen LogP contribution in [0.3, 0.4) is 0 Å². The molecule has 7 heteroatoms. The van der Waals surface area contributed by atoms with Gasteiger partial charge in [0, 0.05) is 23.7 Å². The fraction of sp³-hybridized carbons (Fsp3) is 0.200. The SMILES string of the molecule is O=C(c1ccc(F)cc1)N1CCn2nc(OCc3ccccc3F)cc2C1. The molecule has 0 spiro atoms. The number of hydrogen-bond donors (Lipinski definition) is 0. The van der Waals surface area contributed by atoms with Crippen molar-refractivity contribution in [2.75, 3.05) is 6.54 Å². The van der Waals surface area contributed by atoms with Crippen LogP contribution in [0, 0.1) is 11.6 Å². The summed E-state index contributed by atoms with van der Waals surface area (Å²) in [4.78, 5) is 14.3. The summed E-state index contributed by atoms with van der Waals surface area (Å²) in [5, 5.41) is 4.36. The van der Waals surface area contributed by atoms with Crippen molar-refractivity contribution >= 4 is 5.91 Å². The van der Waals surface area contributed by atoms with Crippen LogP contribution in [-0.4, -0.2) is 27.1 Å². The van der Waals surface area contributed by atoms with Gasteiger partial charge >= 0.3 is 0 Å². The highest BCUT2D eigenvalue weighted by Crippen LogP contribution is 2.21. The monoisotopic (exact) mass is 369 g/mol. The van der Waals surface area contributed by atoms with E-state index in [1.54, 1.807) is 33.8 Å². The van der Waals surface area contributed by atoms with Gasteiger partial charge in [-0.05, 0) is 30.3 Å². The Bertz CT molecular complexity index is 970. The van der Waals surface area contributed by atoms with E-state index in [9.17, 15) is 13.6 Å². The maximum atomic E-state index is 13.7. The Morgan fingerprint density at radius 2 is 1.85 bits per heavy atom. The smallest absolute Gasteiger partial charge is 0.254 e. The Kier molecular flexibility index (Phi) is 4.58. The number of halogens is 2. The van der Waals surface area contributed by atoms with Crippen LogP contribution >= 0.6 is 0 Å². The molecule has 138 valence electrons. The van der Waals surface area contributed by atoms with E-state index in [2.05, 4.69) is 5.10 Å². The summed E-state index contributed by atoms with van der Waals surface area (Å²) in [7, 11) is 0. The van der Waals surface area contributed by atoms with Gasteiger partial charge in [0.1, 0.15) is 18.2 Å². The van der Waals surface area contributed by atoms with Crippen LogP contribution in [0.15, 0.2) is 54.6 Å². The van der Waals surface area contributed by atoms with Gasteiger partial charge in [-0.1, -0.05) is 18.2 Å². The minimum Gasteiger partial charge on any atom is -0.472 e. The van der Waals surface area contributed by atoms with Crippen LogP contribution in [-0.2, 0) is 19.7 Å². The highest BCUT2D eigenvalue weighted by molar-refractivity contribution is 5.94. The van der Waals surface area contributed by atoms with Gasteiger partial charge in [-0.15, -0.1) is 5.10 Å². The molecule has 0 aliphatic carbocycles. The van der Waals surface area contributed by atoms with E-state index in [-0.39, 0.29) is 24.1 Å². The molecule has 1 aromatic heterocycles. The number of carbonyl (C=O) groups excluding carboxylic acids is 1. The van der Waals surface area contributed by atoms with Crippen molar-refractivity contribution in [3.05, 3.63) is 83.1 Å². The lowest BCUT2D eigenvalue weighted by molar-refractivity contribution is 0.0706. The van der Waals surface area contributed by atoms with Crippen LogP contribution < -0.4 is 4.74 Å². The van der Waals surface area contributed by atoms with Gasteiger partial charge in [-0.25, -0.2) is 8.78 Å². The quantitative estimate of drug-likeness (QED) is 0.708. The highest BCUT2D eigenvalue weighted by Gasteiger charge is 2.23. The summed E-state index contributed by atoms with van der Waals surface area (Å²) in [5.74, 6) is -0.460. The molecule has 0 saturated heterocycles. The zero-order valence-electron chi connectivity index (χ0n) is 14.4. The molecule has 0 N–H and O–H groups in total. The lowest BCUT2D eigenvalue weighted by atomic mass is 10.1. The average Bonchev–Trinajstić information content (AvgIpc) is 3.09. The molecule has 1 aliphatic rings. The highest BCUT2D eigenvalue weighted by atomic mass is 19.1. The van der Waals surface area contributed by atoms with E-state index in [1.165, 1.54) is 30.3 Å². The van der Waals surface area contributed by atoms with Crippen molar-refractivity contribution in [1.82, 2.24) is 14.7 Å². The molecule has 2 heterocycles. The second-order valence-corrected chi connectivity index (χ2v) is 6.31. The van der Waals surface area contributed by atoms with Gasteiger partial charge in [0.15, 0.2) is 0 Å². The molecule has 0 unspecified atom stereocenters. The van der Waals surface area contributed by atoms with Gasteiger partial charge in [-0.2, -0.15) is 0 Å². The Morgan fingerprint density at radius 3 is 2.63 bits per heavy atom. The van der Waals surface area contributed by atoms with E-state index in [0.717, 1.165) is 5.69 Å². The molecule has 0 fully saturated rings. The lowest BCUT2D eigenvalue weighted by Crippen LogP contribution is -2.38. The lowest BCUT2D eigenvalue weighted by Gasteiger charge is -2.27. The predicted molar refractivity (Wildman–Crippen MR) is 94.1 cm³/mol. The number of aromatic nitrogens is 2. The minimum absolute atomic E-state index is 0.0847. The first-order valence-electron chi connectivity index (χ1n) is 8.58. The maximum Gasteiger partial charge on any atom is 0.254 e. The molecule has 0 bridgehead atoms. The van der Waals surface area contributed by atoms with E-state index >= 15 is 0 Å². The molecule has 1 aliphatic heterocycles. The van der Waals surface area contributed by atoms with Gasteiger partial charge in [0.2, 0.25) is 5.88 Å².